The number of imidazole rings is 1. The first-order valence-electron chi connectivity index (χ1n) is 9.89. The predicted molar refractivity (Wildman–Crippen MR) is 107 cm³/mol. The van der Waals surface area contributed by atoms with Crippen molar-refractivity contribution in [2.75, 3.05) is 6.54 Å². The number of fused-ring (bicyclic) bond motifs is 2. The fraction of sp³-hybridized carbons (Fsp3) is 0.200. The highest BCUT2D eigenvalue weighted by atomic mass is 19.1. The number of aryl methyl sites for hydroxylation is 1. The molecule has 11 nitrogen and oxygen atoms in total. The van der Waals surface area contributed by atoms with Gasteiger partial charge in [0.2, 0.25) is 0 Å². The molecule has 0 aromatic carbocycles. The van der Waals surface area contributed by atoms with Crippen LogP contribution in [0.4, 0.5) is 4.39 Å². The van der Waals surface area contributed by atoms with E-state index in [1.807, 2.05) is 0 Å². The second kappa shape index (κ2) is 6.83. The van der Waals surface area contributed by atoms with Crippen molar-refractivity contribution in [3.8, 4) is 11.6 Å². The van der Waals surface area contributed by atoms with Gasteiger partial charge in [-0.05, 0) is 24.3 Å². The molecule has 1 atom stereocenters. The van der Waals surface area contributed by atoms with Crippen LogP contribution in [0.2, 0.25) is 0 Å². The minimum Gasteiger partial charge on any atom is -0.411 e. The first-order valence-corrected chi connectivity index (χ1v) is 9.89. The van der Waals surface area contributed by atoms with Crippen LogP contribution in [0.3, 0.4) is 0 Å². The molecule has 0 unspecified atom stereocenters. The zero-order valence-corrected chi connectivity index (χ0v) is 16.8. The number of H-pyrrole nitrogens is 1. The number of carbonyl (C=O) groups is 1. The second-order valence-electron chi connectivity index (χ2n) is 7.42. The maximum Gasteiger partial charge on any atom is 0.312 e. The van der Waals surface area contributed by atoms with Gasteiger partial charge in [-0.1, -0.05) is 0 Å². The maximum absolute atomic E-state index is 14.3. The summed E-state index contributed by atoms with van der Waals surface area (Å²) in [7, 11) is 1.74. The summed E-state index contributed by atoms with van der Waals surface area (Å²) in [5, 5.41) is 16.5. The van der Waals surface area contributed by atoms with Crippen molar-refractivity contribution in [3.05, 3.63) is 71.8 Å². The topological polar surface area (TPSA) is 123 Å². The number of carbonyl (C=O) groups excluding carboxylic acids is 1. The molecule has 6 heterocycles. The zero-order valence-electron chi connectivity index (χ0n) is 16.8. The summed E-state index contributed by atoms with van der Waals surface area (Å²) in [6.45, 7) is 0.373. The van der Waals surface area contributed by atoms with Gasteiger partial charge in [0.05, 0.1) is 17.7 Å². The predicted octanol–water partition coefficient (Wildman–Crippen LogP) is 1.77. The van der Waals surface area contributed by atoms with Crippen LogP contribution in [0.25, 0.3) is 17.1 Å². The first kappa shape index (κ1) is 18.4. The van der Waals surface area contributed by atoms with Crippen molar-refractivity contribution in [2.45, 2.75) is 12.5 Å². The molecule has 1 aliphatic rings. The monoisotopic (exact) mass is 433 g/mol. The molecule has 160 valence electrons. The Balaban J connectivity index is 1.42. The molecule has 0 spiro atoms. The summed E-state index contributed by atoms with van der Waals surface area (Å²) in [6, 6.07) is 5.64. The number of aromatic amines is 1. The molecule has 0 radical (unpaired) electrons. The lowest BCUT2D eigenvalue weighted by atomic mass is 9.99. The summed E-state index contributed by atoms with van der Waals surface area (Å²) in [5.41, 5.74) is 2.95. The van der Waals surface area contributed by atoms with Gasteiger partial charge < -0.3 is 14.3 Å². The molecule has 6 rings (SSSR count). The molecular formula is C20H16FN9O2. The van der Waals surface area contributed by atoms with Crippen molar-refractivity contribution < 1.29 is 13.6 Å². The lowest BCUT2D eigenvalue weighted by molar-refractivity contribution is 0.0646. The summed E-state index contributed by atoms with van der Waals surface area (Å²) in [6.07, 6.45) is 5.40. The molecule has 1 aliphatic heterocycles. The molecule has 12 heteroatoms. The fourth-order valence-electron chi connectivity index (χ4n) is 4.05. The number of amides is 1. The van der Waals surface area contributed by atoms with Crippen LogP contribution < -0.4 is 0 Å². The van der Waals surface area contributed by atoms with E-state index in [4.69, 9.17) is 4.42 Å². The Hall–Kier alpha value is -4.35. The standard InChI is InChI=1S/C20H16FN9O2/c1-28-14(4-6-24-28)18-25-26-19(32-18)20(31)29-8-5-12-16(23-10-22-12)17(29)13-9-15-11(21)3-2-7-30(15)27-13/h2-4,6-7,9-10,17H,5,8H2,1H3,(H,22,23)/t17-/m1/s1. The summed E-state index contributed by atoms with van der Waals surface area (Å²) in [4.78, 5) is 22.5. The van der Waals surface area contributed by atoms with Gasteiger partial charge in [-0.3, -0.25) is 9.48 Å². The van der Waals surface area contributed by atoms with E-state index in [-0.39, 0.29) is 11.8 Å². The highest BCUT2D eigenvalue weighted by Crippen LogP contribution is 2.34. The third-order valence-electron chi connectivity index (χ3n) is 5.58. The Morgan fingerprint density at radius 2 is 2.22 bits per heavy atom. The Morgan fingerprint density at radius 3 is 3.03 bits per heavy atom. The van der Waals surface area contributed by atoms with E-state index in [2.05, 4.69) is 30.4 Å². The molecule has 1 amide bonds. The van der Waals surface area contributed by atoms with Crippen LogP contribution in [0.15, 0.2) is 47.4 Å². The molecule has 0 saturated carbocycles. The third-order valence-corrected chi connectivity index (χ3v) is 5.58. The Bertz CT molecular complexity index is 1460. The van der Waals surface area contributed by atoms with E-state index >= 15 is 0 Å². The highest BCUT2D eigenvalue weighted by molar-refractivity contribution is 5.90. The van der Waals surface area contributed by atoms with Gasteiger partial charge in [-0.2, -0.15) is 10.2 Å². The van der Waals surface area contributed by atoms with Crippen molar-refractivity contribution in [1.82, 2.24) is 44.5 Å². The van der Waals surface area contributed by atoms with Crippen LogP contribution in [-0.2, 0) is 13.5 Å². The van der Waals surface area contributed by atoms with Gasteiger partial charge in [0.15, 0.2) is 0 Å². The Morgan fingerprint density at radius 1 is 1.31 bits per heavy atom. The normalized spacial score (nSPS) is 15.9. The average molecular weight is 433 g/mol. The average Bonchev–Trinajstić information content (AvgIpc) is 3.57. The molecule has 5 aromatic heterocycles. The van der Waals surface area contributed by atoms with E-state index in [0.717, 1.165) is 5.69 Å². The van der Waals surface area contributed by atoms with E-state index < -0.39 is 17.8 Å². The molecule has 0 saturated heterocycles. The van der Waals surface area contributed by atoms with Gasteiger partial charge in [0.25, 0.3) is 5.89 Å². The number of nitrogens with one attached hydrogen (secondary N) is 1. The van der Waals surface area contributed by atoms with Gasteiger partial charge in [0, 0.05) is 38.1 Å². The zero-order chi connectivity index (χ0) is 21.8. The SMILES string of the molecule is Cn1nccc1-c1nnc(C(=O)N2CCc3[nH]cnc3[C@H]2c2cc3c(F)cccn3n2)o1. The molecule has 1 N–H and O–H groups in total. The number of hydrogen-bond acceptors (Lipinski definition) is 7. The molecule has 32 heavy (non-hydrogen) atoms. The van der Waals surface area contributed by atoms with Gasteiger partial charge in [0.1, 0.15) is 23.1 Å². The van der Waals surface area contributed by atoms with Gasteiger partial charge >= 0.3 is 11.8 Å². The number of rotatable bonds is 3. The molecule has 0 aliphatic carbocycles. The molecule has 5 aromatic rings. The minimum absolute atomic E-state index is 0.153. The largest absolute Gasteiger partial charge is 0.411 e. The van der Waals surface area contributed by atoms with Crippen molar-refractivity contribution >= 4 is 11.4 Å². The highest BCUT2D eigenvalue weighted by Gasteiger charge is 2.38. The minimum atomic E-state index is -0.635. The van der Waals surface area contributed by atoms with Crippen LogP contribution in [0.5, 0.6) is 0 Å². The van der Waals surface area contributed by atoms with Crippen LogP contribution in [0, 0.1) is 5.82 Å². The molecule has 0 fully saturated rings. The van der Waals surface area contributed by atoms with Crippen LogP contribution in [0.1, 0.15) is 33.8 Å². The molecule has 0 bridgehead atoms. The summed E-state index contributed by atoms with van der Waals surface area (Å²) >= 11 is 0. The lowest BCUT2D eigenvalue weighted by Crippen LogP contribution is -2.41. The van der Waals surface area contributed by atoms with Crippen molar-refractivity contribution in [3.63, 3.8) is 0 Å². The third kappa shape index (κ3) is 2.72. The van der Waals surface area contributed by atoms with E-state index in [9.17, 15) is 9.18 Å². The van der Waals surface area contributed by atoms with Crippen LogP contribution >= 0.6 is 0 Å². The van der Waals surface area contributed by atoms with E-state index in [1.54, 1.807) is 53.5 Å². The first-order chi connectivity index (χ1) is 15.6. The van der Waals surface area contributed by atoms with Crippen LogP contribution in [-0.4, -0.2) is 56.9 Å². The van der Waals surface area contributed by atoms with Crippen molar-refractivity contribution in [1.29, 1.82) is 0 Å². The smallest absolute Gasteiger partial charge is 0.312 e. The number of pyridine rings is 1. The summed E-state index contributed by atoms with van der Waals surface area (Å²) < 4.78 is 23.0. The maximum atomic E-state index is 14.3. The quantitative estimate of drug-likeness (QED) is 0.460. The number of nitrogens with zero attached hydrogens (tertiary/aromatic N) is 8. The summed E-state index contributed by atoms with van der Waals surface area (Å²) in [5.74, 6) is -0.820. The fourth-order valence-corrected chi connectivity index (χ4v) is 4.05. The lowest BCUT2D eigenvalue weighted by Gasteiger charge is -2.32. The van der Waals surface area contributed by atoms with Gasteiger partial charge in [-0.15, -0.1) is 10.2 Å². The number of aromatic nitrogens is 8. The molecular weight excluding hydrogens is 417 g/mol. The number of hydrogen-bond donors (Lipinski definition) is 1. The Kier molecular flexibility index (Phi) is 3.93. The van der Waals surface area contributed by atoms with E-state index in [1.165, 1.54) is 10.6 Å². The second-order valence-corrected chi connectivity index (χ2v) is 7.42. The number of halogens is 1. The van der Waals surface area contributed by atoms with Crippen molar-refractivity contribution in [2.24, 2.45) is 7.05 Å². The van der Waals surface area contributed by atoms with E-state index in [0.29, 0.717) is 35.6 Å². The Labute approximate surface area is 179 Å². The van der Waals surface area contributed by atoms with Gasteiger partial charge in [-0.25, -0.2) is 13.9 Å².